The smallest absolute Gasteiger partial charge is 0.254 e. The molecular weight excluding hydrogens is 318 g/mol. The first kappa shape index (κ1) is 15.0. The number of hydrogen-bond acceptors (Lipinski definition) is 4. The van der Waals surface area contributed by atoms with Crippen LogP contribution in [0.3, 0.4) is 0 Å². The van der Waals surface area contributed by atoms with Crippen molar-refractivity contribution in [1.29, 1.82) is 0 Å². The van der Waals surface area contributed by atoms with Crippen LogP contribution in [0, 0.1) is 0 Å². The molecule has 3 aromatic rings. The SMILES string of the molecule is O=C(c1ccc(-c2cscn2)cc1)N(Cc1cccnc1)C1CC1. The van der Waals surface area contributed by atoms with E-state index in [1.54, 1.807) is 17.5 Å². The minimum atomic E-state index is 0.0891. The van der Waals surface area contributed by atoms with Crippen LogP contribution in [0.1, 0.15) is 28.8 Å². The molecule has 0 atom stereocenters. The van der Waals surface area contributed by atoms with Crippen LogP contribution >= 0.6 is 11.3 Å². The highest BCUT2D eigenvalue weighted by atomic mass is 32.1. The van der Waals surface area contributed by atoms with Crippen LogP contribution in [0.15, 0.2) is 59.7 Å². The van der Waals surface area contributed by atoms with E-state index in [1.807, 2.05) is 58.4 Å². The number of benzene rings is 1. The molecule has 5 heteroatoms. The first-order valence-corrected chi connectivity index (χ1v) is 8.94. The quantitative estimate of drug-likeness (QED) is 0.708. The van der Waals surface area contributed by atoms with Gasteiger partial charge in [0.25, 0.3) is 5.91 Å². The number of nitrogens with zero attached hydrogens (tertiary/aromatic N) is 3. The summed E-state index contributed by atoms with van der Waals surface area (Å²) in [4.78, 5) is 23.3. The number of rotatable bonds is 5. The molecule has 4 nitrogen and oxygen atoms in total. The number of hydrogen-bond donors (Lipinski definition) is 0. The van der Waals surface area contributed by atoms with E-state index < -0.39 is 0 Å². The van der Waals surface area contributed by atoms with Gasteiger partial charge in [-0.15, -0.1) is 11.3 Å². The van der Waals surface area contributed by atoms with Crippen molar-refractivity contribution in [2.45, 2.75) is 25.4 Å². The topological polar surface area (TPSA) is 46.1 Å². The average Bonchev–Trinajstić information content (AvgIpc) is 3.33. The number of pyridine rings is 1. The molecule has 120 valence electrons. The fraction of sp³-hybridized carbons (Fsp3) is 0.211. The molecule has 0 bridgehead atoms. The molecule has 0 radical (unpaired) electrons. The number of carbonyl (C=O) groups is 1. The number of aromatic nitrogens is 2. The largest absolute Gasteiger partial charge is 0.331 e. The molecule has 24 heavy (non-hydrogen) atoms. The molecule has 1 aliphatic carbocycles. The molecule has 2 heterocycles. The predicted molar refractivity (Wildman–Crippen MR) is 94.7 cm³/mol. The summed E-state index contributed by atoms with van der Waals surface area (Å²) in [6.45, 7) is 0.616. The normalized spacial score (nSPS) is 13.7. The van der Waals surface area contributed by atoms with Crippen molar-refractivity contribution in [3.05, 3.63) is 70.8 Å². The fourth-order valence-electron chi connectivity index (χ4n) is 2.75. The van der Waals surface area contributed by atoms with E-state index in [4.69, 9.17) is 0 Å². The zero-order chi connectivity index (χ0) is 16.4. The zero-order valence-electron chi connectivity index (χ0n) is 13.1. The lowest BCUT2D eigenvalue weighted by Gasteiger charge is -2.22. The Hall–Kier alpha value is -2.53. The van der Waals surface area contributed by atoms with Gasteiger partial charge in [-0.2, -0.15) is 0 Å². The molecule has 0 unspecified atom stereocenters. The third-order valence-electron chi connectivity index (χ3n) is 4.18. The van der Waals surface area contributed by atoms with Crippen LogP contribution in [-0.2, 0) is 6.54 Å². The molecule has 0 aliphatic heterocycles. The van der Waals surface area contributed by atoms with Crippen LogP contribution < -0.4 is 0 Å². The Morgan fingerprint density at radius 2 is 2.04 bits per heavy atom. The molecule has 4 rings (SSSR count). The second-order valence-electron chi connectivity index (χ2n) is 5.98. The van der Waals surface area contributed by atoms with Crippen molar-refractivity contribution < 1.29 is 4.79 Å². The second-order valence-corrected chi connectivity index (χ2v) is 6.70. The first-order chi connectivity index (χ1) is 11.8. The van der Waals surface area contributed by atoms with E-state index in [2.05, 4.69) is 9.97 Å². The number of thiazole rings is 1. The van der Waals surface area contributed by atoms with Gasteiger partial charge in [-0.05, 0) is 36.6 Å². The van der Waals surface area contributed by atoms with Gasteiger partial charge in [-0.1, -0.05) is 18.2 Å². The van der Waals surface area contributed by atoms with Gasteiger partial charge in [-0.3, -0.25) is 9.78 Å². The van der Waals surface area contributed by atoms with Crippen LogP contribution in [0.2, 0.25) is 0 Å². The molecule has 1 fully saturated rings. The monoisotopic (exact) mass is 335 g/mol. The Morgan fingerprint density at radius 1 is 1.21 bits per heavy atom. The molecule has 1 saturated carbocycles. The Labute approximate surface area is 144 Å². The van der Waals surface area contributed by atoms with E-state index >= 15 is 0 Å². The Balaban J connectivity index is 1.54. The van der Waals surface area contributed by atoms with E-state index in [9.17, 15) is 4.79 Å². The minimum Gasteiger partial charge on any atom is -0.331 e. The van der Waals surface area contributed by atoms with Crippen molar-refractivity contribution in [3.63, 3.8) is 0 Å². The van der Waals surface area contributed by atoms with Crippen molar-refractivity contribution >= 4 is 17.2 Å². The van der Waals surface area contributed by atoms with E-state index in [-0.39, 0.29) is 5.91 Å². The number of carbonyl (C=O) groups excluding carboxylic acids is 1. The van der Waals surface area contributed by atoms with Crippen molar-refractivity contribution in [2.24, 2.45) is 0 Å². The zero-order valence-corrected chi connectivity index (χ0v) is 13.9. The first-order valence-electron chi connectivity index (χ1n) is 8.00. The summed E-state index contributed by atoms with van der Waals surface area (Å²) in [5, 5.41) is 2.01. The van der Waals surface area contributed by atoms with Crippen molar-refractivity contribution in [1.82, 2.24) is 14.9 Å². The summed E-state index contributed by atoms with van der Waals surface area (Å²) in [6.07, 6.45) is 5.75. The van der Waals surface area contributed by atoms with Gasteiger partial charge in [0.05, 0.1) is 11.2 Å². The molecule has 2 aromatic heterocycles. The summed E-state index contributed by atoms with van der Waals surface area (Å²) < 4.78 is 0. The molecule has 1 aliphatic rings. The highest BCUT2D eigenvalue weighted by molar-refractivity contribution is 7.07. The third-order valence-corrected chi connectivity index (χ3v) is 4.77. The van der Waals surface area contributed by atoms with Gasteiger partial charge in [0.15, 0.2) is 0 Å². The van der Waals surface area contributed by atoms with Crippen molar-refractivity contribution in [2.75, 3.05) is 0 Å². The highest BCUT2D eigenvalue weighted by Crippen LogP contribution is 2.30. The Bertz CT molecular complexity index is 812. The van der Waals surface area contributed by atoms with E-state index in [0.717, 1.165) is 35.2 Å². The maximum absolute atomic E-state index is 12.9. The third kappa shape index (κ3) is 3.21. The maximum atomic E-state index is 12.9. The Morgan fingerprint density at radius 3 is 2.67 bits per heavy atom. The average molecular weight is 335 g/mol. The van der Waals surface area contributed by atoms with Gasteiger partial charge in [0, 0.05) is 41.5 Å². The molecule has 0 saturated heterocycles. The van der Waals surface area contributed by atoms with Crippen LogP contribution in [0.5, 0.6) is 0 Å². The van der Waals surface area contributed by atoms with Crippen LogP contribution in [-0.4, -0.2) is 26.8 Å². The highest BCUT2D eigenvalue weighted by Gasteiger charge is 2.33. The molecule has 0 N–H and O–H groups in total. The van der Waals surface area contributed by atoms with Crippen molar-refractivity contribution in [3.8, 4) is 11.3 Å². The van der Waals surface area contributed by atoms with Gasteiger partial charge in [0.1, 0.15) is 0 Å². The Kier molecular flexibility index (Phi) is 4.09. The minimum absolute atomic E-state index is 0.0891. The van der Waals surface area contributed by atoms with Gasteiger partial charge >= 0.3 is 0 Å². The molecule has 0 spiro atoms. The van der Waals surface area contributed by atoms with Gasteiger partial charge in [0.2, 0.25) is 0 Å². The fourth-order valence-corrected chi connectivity index (χ4v) is 3.31. The summed E-state index contributed by atoms with van der Waals surface area (Å²) in [6, 6.07) is 12.0. The summed E-state index contributed by atoms with van der Waals surface area (Å²) >= 11 is 1.57. The van der Waals surface area contributed by atoms with Crippen LogP contribution in [0.25, 0.3) is 11.3 Å². The molecular formula is C19H17N3OS. The van der Waals surface area contributed by atoms with E-state index in [1.165, 1.54) is 0 Å². The lowest BCUT2D eigenvalue weighted by molar-refractivity contribution is 0.0730. The lowest BCUT2D eigenvalue weighted by atomic mass is 10.1. The molecule has 1 amide bonds. The lowest BCUT2D eigenvalue weighted by Crippen LogP contribution is -2.32. The molecule has 1 aromatic carbocycles. The van der Waals surface area contributed by atoms with Crippen LogP contribution in [0.4, 0.5) is 0 Å². The summed E-state index contributed by atoms with van der Waals surface area (Å²) in [5.74, 6) is 0.0891. The second kappa shape index (κ2) is 6.53. The van der Waals surface area contributed by atoms with Gasteiger partial charge < -0.3 is 4.90 Å². The number of amides is 1. The summed E-state index contributed by atoms with van der Waals surface area (Å²) in [7, 11) is 0. The predicted octanol–water partition coefficient (Wildman–Crippen LogP) is 4.01. The maximum Gasteiger partial charge on any atom is 0.254 e. The standard InChI is InChI=1S/C19H17N3OS/c23-19(16-5-3-15(4-6-16)18-12-24-13-21-18)22(17-7-8-17)11-14-2-1-9-20-10-14/h1-6,9-10,12-13,17H,7-8,11H2. The van der Waals surface area contributed by atoms with E-state index in [0.29, 0.717) is 12.6 Å². The van der Waals surface area contributed by atoms with Gasteiger partial charge in [-0.25, -0.2) is 4.98 Å². The summed E-state index contributed by atoms with van der Waals surface area (Å²) in [5.41, 5.74) is 5.60.